The van der Waals surface area contributed by atoms with Gasteiger partial charge in [-0.05, 0) is 38.5 Å². The molecule has 3 N–H and O–H groups in total. The van der Waals surface area contributed by atoms with Crippen molar-refractivity contribution in [2.45, 2.75) is 32.9 Å². The van der Waals surface area contributed by atoms with Crippen molar-refractivity contribution in [1.82, 2.24) is 15.1 Å². The molecule has 8 nitrogen and oxygen atoms in total. The van der Waals surface area contributed by atoms with Gasteiger partial charge >= 0.3 is 6.09 Å². The third-order valence-electron chi connectivity index (χ3n) is 4.10. The van der Waals surface area contributed by atoms with Crippen LogP contribution in [-0.2, 0) is 11.3 Å². The van der Waals surface area contributed by atoms with E-state index in [1.807, 2.05) is 37.8 Å². The number of hydrogen-bond donors (Lipinski definition) is 2. The molecule has 2 rings (SSSR count). The van der Waals surface area contributed by atoms with Crippen molar-refractivity contribution in [3.63, 3.8) is 0 Å². The van der Waals surface area contributed by atoms with Crippen LogP contribution in [0, 0.1) is 0 Å². The molecule has 0 saturated carbocycles. The maximum absolute atomic E-state index is 12.1. The van der Waals surface area contributed by atoms with Crippen LogP contribution in [-0.4, -0.2) is 66.6 Å². The molecule has 28 heavy (non-hydrogen) atoms. The second kappa shape index (κ2) is 10.5. The van der Waals surface area contributed by atoms with Crippen molar-refractivity contribution < 1.29 is 14.3 Å². The highest BCUT2D eigenvalue weighted by molar-refractivity contribution is 14.0. The number of halogens is 1. The summed E-state index contributed by atoms with van der Waals surface area (Å²) >= 11 is 0. The van der Waals surface area contributed by atoms with Gasteiger partial charge in [-0.2, -0.15) is 0 Å². The molecule has 1 saturated heterocycles. The second-order valence-corrected chi connectivity index (χ2v) is 7.41. The van der Waals surface area contributed by atoms with Crippen LogP contribution in [0.1, 0.15) is 36.7 Å². The van der Waals surface area contributed by atoms with Crippen LogP contribution < -0.4 is 11.1 Å². The first-order chi connectivity index (χ1) is 12.7. The number of ether oxygens (including phenoxy) is 1. The number of nitrogens with one attached hydrogen (secondary N) is 1. The number of guanidine groups is 1. The summed E-state index contributed by atoms with van der Waals surface area (Å²) in [7, 11) is 1.60. The van der Waals surface area contributed by atoms with E-state index in [2.05, 4.69) is 10.3 Å². The number of nitrogens with zero attached hydrogens (tertiary/aromatic N) is 3. The van der Waals surface area contributed by atoms with Gasteiger partial charge < -0.3 is 25.6 Å². The lowest BCUT2D eigenvalue weighted by atomic mass is 10.1. The molecular weight excluding hydrogens is 473 g/mol. The minimum atomic E-state index is -0.502. The highest BCUT2D eigenvalue weighted by Crippen LogP contribution is 2.12. The molecule has 1 aliphatic heterocycles. The Bertz CT molecular complexity index is 710. The van der Waals surface area contributed by atoms with Crippen molar-refractivity contribution in [3.05, 3.63) is 35.4 Å². The average molecular weight is 503 g/mol. The van der Waals surface area contributed by atoms with Crippen LogP contribution >= 0.6 is 24.0 Å². The van der Waals surface area contributed by atoms with Gasteiger partial charge in [0.2, 0.25) is 0 Å². The Morgan fingerprint density at radius 2 is 1.79 bits per heavy atom. The molecule has 0 aliphatic carbocycles. The number of rotatable bonds is 3. The number of carbonyl (C=O) groups is 2. The molecule has 9 heteroatoms. The topological polar surface area (TPSA) is 100 Å². The largest absolute Gasteiger partial charge is 0.444 e. The number of benzene rings is 1. The molecule has 0 spiro atoms. The van der Waals surface area contributed by atoms with Crippen molar-refractivity contribution in [2.75, 3.05) is 33.2 Å². The Hall–Kier alpha value is -2.04. The first kappa shape index (κ1) is 24.0. The summed E-state index contributed by atoms with van der Waals surface area (Å²) in [4.78, 5) is 31.9. The third-order valence-corrected chi connectivity index (χ3v) is 4.10. The quantitative estimate of drug-likeness (QED) is 0.374. The predicted molar refractivity (Wildman–Crippen MR) is 120 cm³/mol. The first-order valence-corrected chi connectivity index (χ1v) is 9.03. The molecule has 1 aliphatic rings. The van der Waals surface area contributed by atoms with E-state index in [1.54, 1.807) is 24.1 Å². The number of hydrogen-bond acceptors (Lipinski definition) is 4. The van der Waals surface area contributed by atoms with Gasteiger partial charge in [0, 0.05) is 38.8 Å². The van der Waals surface area contributed by atoms with Gasteiger partial charge in [0.1, 0.15) is 5.60 Å². The van der Waals surface area contributed by atoms with Crippen LogP contribution in [0.5, 0.6) is 0 Å². The van der Waals surface area contributed by atoms with Crippen molar-refractivity contribution in [2.24, 2.45) is 10.7 Å². The lowest BCUT2D eigenvalue weighted by Crippen LogP contribution is -2.53. The Labute approximate surface area is 183 Å². The monoisotopic (exact) mass is 503 g/mol. The van der Waals surface area contributed by atoms with Gasteiger partial charge in [-0.25, -0.2) is 9.79 Å². The average Bonchev–Trinajstić information content (AvgIpc) is 2.64. The van der Waals surface area contributed by atoms with E-state index in [1.165, 1.54) is 0 Å². The maximum atomic E-state index is 12.1. The zero-order valence-electron chi connectivity index (χ0n) is 16.9. The van der Waals surface area contributed by atoms with Crippen molar-refractivity contribution in [3.8, 4) is 0 Å². The van der Waals surface area contributed by atoms with E-state index < -0.39 is 5.60 Å². The van der Waals surface area contributed by atoms with Gasteiger partial charge in [0.25, 0.3) is 5.91 Å². The van der Waals surface area contributed by atoms with Crippen LogP contribution in [0.3, 0.4) is 0 Å². The normalized spacial score (nSPS) is 14.9. The SMILES string of the molecule is CNC(=O)c1cccc(CN=C(N)N2CCN(C(=O)OC(C)(C)C)CC2)c1.I. The maximum Gasteiger partial charge on any atom is 0.410 e. The van der Waals surface area contributed by atoms with Gasteiger partial charge in [0.15, 0.2) is 5.96 Å². The van der Waals surface area contributed by atoms with Gasteiger partial charge in [-0.3, -0.25) is 4.79 Å². The summed E-state index contributed by atoms with van der Waals surface area (Å²) in [5, 5.41) is 2.60. The molecule has 0 radical (unpaired) electrons. The van der Waals surface area contributed by atoms with Crippen LogP contribution in [0.15, 0.2) is 29.3 Å². The minimum absolute atomic E-state index is 0. The molecule has 0 unspecified atom stereocenters. The van der Waals surface area contributed by atoms with E-state index >= 15 is 0 Å². The van der Waals surface area contributed by atoms with Gasteiger partial charge in [-0.15, -0.1) is 24.0 Å². The van der Waals surface area contributed by atoms with Crippen LogP contribution in [0.25, 0.3) is 0 Å². The summed E-state index contributed by atoms with van der Waals surface area (Å²) in [5.41, 5.74) is 7.10. The fraction of sp³-hybridized carbons (Fsp3) is 0.526. The van der Waals surface area contributed by atoms with E-state index in [9.17, 15) is 9.59 Å². The number of carbonyl (C=O) groups excluding carboxylic acids is 2. The lowest BCUT2D eigenvalue weighted by molar-refractivity contribution is 0.0186. The summed E-state index contributed by atoms with van der Waals surface area (Å²) in [6.45, 7) is 8.23. The molecular formula is C19H30IN5O3. The summed E-state index contributed by atoms with van der Waals surface area (Å²) in [6.07, 6.45) is -0.302. The molecule has 1 aromatic carbocycles. The van der Waals surface area contributed by atoms with Crippen LogP contribution in [0.4, 0.5) is 4.79 Å². The Kier molecular flexibility index (Phi) is 8.99. The summed E-state index contributed by atoms with van der Waals surface area (Å²) < 4.78 is 5.39. The van der Waals surface area contributed by atoms with Gasteiger partial charge in [-0.1, -0.05) is 12.1 Å². The number of nitrogens with two attached hydrogens (primary N) is 1. The fourth-order valence-corrected chi connectivity index (χ4v) is 2.67. The third kappa shape index (κ3) is 7.17. The fourth-order valence-electron chi connectivity index (χ4n) is 2.67. The Morgan fingerprint density at radius 1 is 1.18 bits per heavy atom. The molecule has 0 bridgehead atoms. The van der Waals surface area contributed by atoms with E-state index in [0.29, 0.717) is 44.2 Å². The Morgan fingerprint density at radius 3 is 2.36 bits per heavy atom. The highest BCUT2D eigenvalue weighted by atomic mass is 127. The molecule has 2 amide bonds. The lowest BCUT2D eigenvalue weighted by Gasteiger charge is -2.36. The van der Waals surface area contributed by atoms with E-state index in [-0.39, 0.29) is 36.0 Å². The van der Waals surface area contributed by atoms with Crippen LogP contribution in [0.2, 0.25) is 0 Å². The van der Waals surface area contributed by atoms with E-state index in [4.69, 9.17) is 10.5 Å². The zero-order valence-corrected chi connectivity index (χ0v) is 19.2. The number of piperazine rings is 1. The molecule has 0 aromatic heterocycles. The molecule has 1 heterocycles. The van der Waals surface area contributed by atoms with Crippen molar-refractivity contribution >= 4 is 41.9 Å². The molecule has 1 aromatic rings. The zero-order chi connectivity index (χ0) is 20.0. The summed E-state index contributed by atoms with van der Waals surface area (Å²) in [5.74, 6) is 0.302. The molecule has 0 atom stereocenters. The first-order valence-electron chi connectivity index (χ1n) is 9.03. The molecule has 1 fully saturated rings. The van der Waals surface area contributed by atoms with E-state index in [0.717, 1.165) is 5.56 Å². The van der Waals surface area contributed by atoms with Crippen molar-refractivity contribution in [1.29, 1.82) is 0 Å². The second-order valence-electron chi connectivity index (χ2n) is 7.41. The predicted octanol–water partition coefficient (Wildman–Crippen LogP) is 2.03. The number of amides is 2. The Balaban J connectivity index is 0.00000392. The highest BCUT2D eigenvalue weighted by Gasteiger charge is 2.26. The molecule has 156 valence electrons. The number of aliphatic imine (C=N–C) groups is 1. The standard InChI is InChI=1S/C19H29N5O3.HI/c1-19(2,3)27-18(26)24-10-8-23(9-11-24)17(20)22-13-14-6-5-7-15(12-14)16(25)21-4;/h5-7,12H,8-11,13H2,1-4H3,(H2,20,22)(H,21,25);1H. The van der Waals surface area contributed by atoms with Gasteiger partial charge in [0.05, 0.1) is 6.54 Å². The summed E-state index contributed by atoms with van der Waals surface area (Å²) in [6, 6.07) is 7.29. The smallest absolute Gasteiger partial charge is 0.410 e. The minimum Gasteiger partial charge on any atom is -0.444 e.